The maximum Gasteiger partial charge on any atom is 0.0670 e. The lowest BCUT2D eigenvalue weighted by molar-refractivity contribution is -0.000515. The highest BCUT2D eigenvalue weighted by atomic mass is 16.3. The van der Waals surface area contributed by atoms with Crippen molar-refractivity contribution in [2.75, 3.05) is 19.6 Å². The molecular formula is C9H17NO. The van der Waals surface area contributed by atoms with Crippen LogP contribution < -0.4 is 0 Å². The molecule has 0 radical (unpaired) electrons. The molecule has 0 spiro atoms. The Bertz CT molecular complexity index is 115. The maximum absolute atomic E-state index is 9.46. The van der Waals surface area contributed by atoms with E-state index in [1.165, 1.54) is 19.5 Å². The lowest BCUT2D eigenvalue weighted by Crippen LogP contribution is -2.49. The summed E-state index contributed by atoms with van der Waals surface area (Å²) in [5.74, 6) is 1.63. The van der Waals surface area contributed by atoms with Crippen molar-refractivity contribution < 1.29 is 5.11 Å². The summed E-state index contributed by atoms with van der Waals surface area (Å²) in [6, 6.07) is 0. The van der Waals surface area contributed by atoms with Gasteiger partial charge in [-0.1, -0.05) is 6.92 Å². The molecule has 64 valence electrons. The molecule has 0 aromatic carbocycles. The molecule has 0 aliphatic carbocycles. The van der Waals surface area contributed by atoms with Crippen LogP contribution in [0.3, 0.4) is 0 Å². The van der Waals surface area contributed by atoms with Gasteiger partial charge in [-0.3, -0.25) is 0 Å². The van der Waals surface area contributed by atoms with E-state index >= 15 is 0 Å². The Morgan fingerprint density at radius 3 is 2.73 bits per heavy atom. The topological polar surface area (TPSA) is 23.5 Å². The number of hydrogen-bond acceptors (Lipinski definition) is 2. The monoisotopic (exact) mass is 155 g/mol. The molecule has 2 rings (SSSR count). The standard InChI is InChI=1S/C9H17NO/c1-7-2-8-3-9(11)6-10(4-7)5-8/h7-9,11H,2-6H2,1H3. The Kier molecular flexibility index (Phi) is 1.90. The lowest BCUT2D eigenvalue weighted by Gasteiger charge is -2.42. The van der Waals surface area contributed by atoms with E-state index in [0.29, 0.717) is 0 Å². The Balaban J connectivity index is 2.00. The van der Waals surface area contributed by atoms with Crippen LogP contribution in [0.5, 0.6) is 0 Å². The molecule has 2 fully saturated rings. The Morgan fingerprint density at radius 1 is 1.18 bits per heavy atom. The van der Waals surface area contributed by atoms with Crippen LogP contribution in [0.1, 0.15) is 19.8 Å². The van der Waals surface area contributed by atoms with E-state index in [1.54, 1.807) is 0 Å². The molecule has 2 aliphatic heterocycles. The summed E-state index contributed by atoms with van der Waals surface area (Å²) >= 11 is 0. The van der Waals surface area contributed by atoms with E-state index in [-0.39, 0.29) is 6.10 Å². The first kappa shape index (κ1) is 7.56. The van der Waals surface area contributed by atoms with Crippen molar-refractivity contribution in [3.8, 4) is 0 Å². The Morgan fingerprint density at radius 2 is 2.00 bits per heavy atom. The van der Waals surface area contributed by atoms with Crippen LogP contribution in [0.4, 0.5) is 0 Å². The van der Waals surface area contributed by atoms with Gasteiger partial charge in [0.15, 0.2) is 0 Å². The third-order valence-corrected chi connectivity index (χ3v) is 2.90. The number of nitrogens with zero attached hydrogens (tertiary/aromatic N) is 1. The van der Waals surface area contributed by atoms with Crippen LogP contribution >= 0.6 is 0 Å². The summed E-state index contributed by atoms with van der Waals surface area (Å²) in [6.45, 7) is 5.67. The molecule has 2 nitrogen and oxygen atoms in total. The van der Waals surface area contributed by atoms with Gasteiger partial charge in [0.05, 0.1) is 6.10 Å². The van der Waals surface area contributed by atoms with E-state index in [9.17, 15) is 5.11 Å². The highest BCUT2D eigenvalue weighted by molar-refractivity contribution is 4.85. The van der Waals surface area contributed by atoms with Crippen LogP contribution in [0, 0.1) is 11.8 Å². The Labute approximate surface area is 68.2 Å². The molecule has 1 N–H and O–H groups in total. The molecule has 2 saturated heterocycles. The average molecular weight is 155 g/mol. The van der Waals surface area contributed by atoms with Crippen molar-refractivity contribution in [1.29, 1.82) is 0 Å². The predicted molar refractivity (Wildman–Crippen MR) is 44.3 cm³/mol. The largest absolute Gasteiger partial charge is 0.392 e. The quantitative estimate of drug-likeness (QED) is 0.557. The van der Waals surface area contributed by atoms with E-state index in [4.69, 9.17) is 0 Å². The molecule has 0 amide bonds. The number of aliphatic hydroxyl groups excluding tert-OH is 1. The fourth-order valence-electron chi connectivity index (χ4n) is 2.68. The fourth-order valence-corrected chi connectivity index (χ4v) is 2.68. The summed E-state index contributed by atoms with van der Waals surface area (Å²) in [5, 5.41) is 9.46. The van der Waals surface area contributed by atoms with Gasteiger partial charge in [0.1, 0.15) is 0 Å². The molecule has 0 aromatic heterocycles. The summed E-state index contributed by atoms with van der Waals surface area (Å²) in [7, 11) is 0. The van der Waals surface area contributed by atoms with Crippen LogP contribution in [0.15, 0.2) is 0 Å². The first-order valence-corrected chi connectivity index (χ1v) is 4.64. The van der Waals surface area contributed by atoms with E-state index in [2.05, 4.69) is 11.8 Å². The summed E-state index contributed by atoms with van der Waals surface area (Å²) < 4.78 is 0. The summed E-state index contributed by atoms with van der Waals surface area (Å²) in [6.07, 6.45) is 2.33. The molecule has 2 bridgehead atoms. The van der Waals surface area contributed by atoms with Gasteiger partial charge < -0.3 is 10.0 Å². The zero-order valence-electron chi connectivity index (χ0n) is 7.16. The summed E-state index contributed by atoms with van der Waals surface area (Å²) in [5.41, 5.74) is 0. The minimum Gasteiger partial charge on any atom is -0.392 e. The first-order chi connectivity index (χ1) is 5.24. The zero-order valence-corrected chi connectivity index (χ0v) is 7.16. The van der Waals surface area contributed by atoms with Crippen LogP contribution in [-0.2, 0) is 0 Å². The molecule has 0 aromatic rings. The van der Waals surface area contributed by atoms with Crippen LogP contribution in [0.25, 0.3) is 0 Å². The summed E-state index contributed by atoms with van der Waals surface area (Å²) in [4.78, 5) is 2.41. The predicted octanol–water partition coefficient (Wildman–Crippen LogP) is 0.709. The van der Waals surface area contributed by atoms with E-state index < -0.39 is 0 Å². The second-order valence-electron chi connectivity index (χ2n) is 4.31. The van der Waals surface area contributed by atoms with Gasteiger partial charge in [0, 0.05) is 19.6 Å². The van der Waals surface area contributed by atoms with Gasteiger partial charge in [0.2, 0.25) is 0 Å². The zero-order chi connectivity index (χ0) is 7.84. The van der Waals surface area contributed by atoms with Crippen molar-refractivity contribution in [1.82, 2.24) is 4.90 Å². The van der Waals surface area contributed by atoms with Gasteiger partial charge in [-0.2, -0.15) is 0 Å². The van der Waals surface area contributed by atoms with Gasteiger partial charge in [-0.25, -0.2) is 0 Å². The minimum atomic E-state index is -0.0405. The first-order valence-electron chi connectivity index (χ1n) is 4.64. The second-order valence-corrected chi connectivity index (χ2v) is 4.31. The minimum absolute atomic E-state index is 0.0405. The lowest BCUT2D eigenvalue weighted by atomic mass is 9.83. The van der Waals surface area contributed by atoms with E-state index in [1.807, 2.05) is 0 Å². The molecule has 4 atom stereocenters. The molecule has 2 heterocycles. The van der Waals surface area contributed by atoms with Crippen molar-refractivity contribution in [2.24, 2.45) is 11.8 Å². The van der Waals surface area contributed by atoms with Gasteiger partial charge in [-0.05, 0) is 24.7 Å². The van der Waals surface area contributed by atoms with Gasteiger partial charge in [0.25, 0.3) is 0 Å². The van der Waals surface area contributed by atoms with Crippen molar-refractivity contribution in [3.05, 3.63) is 0 Å². The number of hydrogen-bond donors (Lipinski definition) is 1. The number of fused-ring (bicyclic) bond motifs is 2. The number of piperidine rings is 2. The molecule has 2 aliphatic rings. The van der Waals surface area contributed by atoms with Gasteiger partial charge >= 0.3 is 0 Å². The third-order valence-electron chi connectivity index (χ3n) is 2.90. The molecular weight excluding hydrogens is 138 g/mol. The molecule has 0 saturated carbocycles. The SMILES string of the molecule is CC1CC2CC(O)CN(C1)C2. The van der Waals surface area contributed by atoms with Gasteiger partial charge in [-0.15, -0.1) is 0 Å². The van der Waals surface area contributed by atoms with Crippen LogP contribution in [-0.4, -0.2) is 35.7 Å². The Hall–Kier alpha value is -0.0800. The average Bonchev–Trinajstić information content (AvgIpc) is 1.82. The highest BCUT2D eigenvalue weighted by Gasteiger charge is 2.31. The number of rotatable bonds is 0. The fraction of sp³-hybridized carbons (Fsp3) is 1.00. The van der Waals surface area contributed by atoms with Crippen molar-refractivity contribution >= 4 is 0 Å². The normalized spacial score (nSPS) is 50.7. The molecule has 4 unspecified atom stereocenters. The van der Waals surface area contributed by atoms with E-state index in [0.717, 1.165) is 24.8 Å². The molecule has 11 heavy (non-hydrogen) atoms. The second kappa shape index (κ2) is 2.76. The molecule has 2 heteroatoms. The smallest absolute Gasteiger partial charge is 0.0670 e. The number of aliphatic hydroxyl groups is 1. The van der Waals surface area contributed by atoms with Crippen molar-refractivity contribution in [3.63, 3.8) is 0 Å². The highest BCUT2D eigenvalue weighted by Crippen LogP contribution is 2.29. The van der Waals surface area contributed by atoms with Crippen LogP contribution in [0.2, 0.25) is 0 Å². The third kappa shape index (κ3) is 1.57. The maximum atomic E-state index is 9.46. The van der Waals surface area contributed by atoms with Crippen molar-refractivity contribution in [2.45, 2.75) is 25.9 Å².